The maximum Gasteiger partial charge on any atom is 0.339 e. The van der Waals surface area contributed by atoms with Crippen LogP contribution in [0.25, 0.3) is 0 Å². The van der Waals surface area contributed by atoms with E-state index < -0.39 is 27.3 Å². The molecule has 0 spiro atoms. The molecule has 1 rings (SSSR count). The summed E-state index contributed by atoms with van der Waals surface area (Å²) in [4.78, 5) is 10.8. The van der Waals surface area contributed by atoms with Gasteiger partial charge in [-0.05, 0) is 31.5 Å². The second-order valence-corrected chi connectivity index (χ2v) is 6.72. The lowest BCUT2D eigenvalue weighted by Crippen LogP contribution is -2.32. The monoisotopic (exact) mass is 315 g/mol. The van der Waals surface area contributed by atoms with Crippen LogP contribution in [0.3, 0.4) is 0 Å². The van der Waals surface area contributed by atoms with E-state index >= 15 is 0 Å². The average molecular weight is 315 g/mol. The predicted octanol–water partition coefficient (Wildman–Crippen LogP) is 2.34. The quantitative estimate of drug-likeness (QED) is 0.639. The van der Waals surface area contributed by atoms with Gasteiger partial charge in [-0.25, -0.2) is 17.9 Å². The lowest BCUT2D eigenvalue weighted by molar-refractivity contribution is 0.0693. The number of nitrogens with one attached hydrogen (secondary N) is 1. The minimum Gasteiger partial charge on any atom is -0.507 e. The molecule has 118 valence electrons. The van der Waals surface area contributed by atoms with Gasteiger partial charge in [0.05, 0.1) is 4.90 Å². The minimum atomic E-state index is -3.79. The topological polar surface area (TPSA) is 104 Å². The summed E-state index contributed by atoms with van der Waals surface area (Å²) in [7, 11) is -3.79. The number of aromatic carboxylic acids is 1. The van der Waals surface area contributed by atoms with Crippen molar-refractivity contribution in [3.63, 3.8) is 0 Å². The molecule has 1 unspecified atom stereocenters. The van der Waals surface area contributed by atoms with Crippen LogP contribution in [0.15, 0.2) is 23.1 Å². The van der Waals surface area contributed by atoms with Gasteiger partial charge in [-0.2, -0.15) is 0 Å². The largest absolute Gasteiger partial charge is 0.507 e. The number of rotatable bonds is 8. The summed E-state index contributed by atoms with van der Waals surface area (Å²) in [6.07, 6.45) is 3.74. The molecule has 0 aliphatic heterocycles. The Hall–Kier alpha value is -1.60. The van der Waals surface area contributed by atoms with Gasteiger partial charge in [0.1, 0.15) is 11.3 Å². The number of hydrogen-bond donors (Lipinski definition) is 3. The number of unbranched alkanes of at least 4 members (excludes halogenated alkanes) is 2. The Morgan fingerprint density at radius 2 is 2.00 bits per heavy atom. The van der Waals surface area contributed by atoms with Crippen LogP contribution in [0.2, 0.25) is 0 Å². The number of carbonyl (C=O) groups is 1. The predicted molar refractivity (Wildman–Crippen MR) is 79.0 cm³/mol. The summed E-state index contributed by atoms with van der Waals surface area (Å²) in [5, 5.41) is 18.3. The molecule has 3 N–H and O–H groups in total. The van der Waals surface area contributed by atoms with Gasteiger partial charge in [0.25, 0.3) is 0 Å². The van der Waals surface area contributed by atoms with Crippen molar-refractivity contribution in [2.75, 3.05) is 0 Å². The third kappa shape index (κ3) is 5.02. The Labute approximate surface area is 124 Å². The Kier molecular flexibility index (Phi) is 6.17. The molecule has 0 heterocycles. The molecule has 0 aliphatic carbocycles. The number of hydrogen-bond acceptors (Lipinski definition) is 4. The average Bonchev–Trinajstić information content (AvgIpc) is 2.38. The van der Waals surface area contributed by atoms with Crippen molar-refractivity contribution in [2.24, 2.45) is 0 Å². The van der Waals surface area contributed by atoms with Gasteiger partial charge < -0.3 is 10.2 Å². The van der Waals surface area contributed by atoms with Crippen molar-refractivity contribution in [2.45, 2.75) is 50.5 Å². The zero-order chi connectivity index (χ0) is 16.0. The fourth-order valence-corrected chi connectivity index (χ4v) is 3.25. The SMILES string of the molecule is CCCCCC(C)NS(=O)(=O)c1ccc(O)c(C(=O)O)c1. The summed E-state index contributed by atoms with van der Waals surface area (Å²) >= 11 is 0. The van der Waals surface area contributed by atoms with E-state index in [2.05, 4.69) is 11.6 Å². The molecule has 0 fully saturated rings. The molecular formula is C14H21NO5S. The van der Waals surface area contributed by atoms with E-state index in [1.54, 1.807) is 6.92 Å². The molecule has 1 aromatic rings. The molecule has 0 saturated carbocycles. The standard InChI is InChI=1S/C14H21NO5S/c1-3-4-5-6-10(2)15-21(19,20)11-7-8-13(16)12(9-11)14(17)18/h7-10,15-16H,3-6H2,1-2H3,(H,17,18). The molecular weight excluding hydrogens is 294 g/mol. The number of phenols is 1. The fourth-order valence-electron chi connectivity index (χ4n) is 1.95. The molecule has 0 saturated heterocycles. The van der Waals surface area contributed by atoms with E-state index in [0.717, 1.165) is 37.8 Å². The maximum absolute atomic E-state index is 12.2. The Morgan fingerprint density at radius 3 is 2.57 bits per heavy atom. The second-order valence-electron chi connectivity index (χ2n) is 5.00. The van der Waals surface area contributed by atoms with Crippen molar-refractivity contribution < 1.29 is 23.4 Å². The highest BCUT2D eigenvalue weighted by atomic mass is 32.2. The molecule has 7 heteroatoms. The summed E-state index contributed by atoms with van der Waals surface area (Å²) < 4.78 is 26.9. The molecule has 1 aromatic carbocycles. The first-order valence-electron chi connectivity index (χ1n) is 6.86. The van der Waals surface area contributed by atoms with Crippen LogP contribution in [0, 0.1) is 0 Å². The first kappa shape index (κ1) is 17.5. The molecule has 0 aliphatic rings. The smallest absolute Gasteiger partial charge is 0.339 e. The summed E-state index contributed by atoms with van der Waals surface area (Å²) in [5.41, 5.74) is -0.434. The van der Waals surface area contributed by atoms with Crippen LogP contribution in [0.1, 0.15) is 49.9 Å². The van der Waals surface area contributed by atoms with Crippen LogP contribution in [0.5, 0.6) is 5.75 Å². The third-order valence-electron chi connectivity index (χ3n) is 3.11. The van der Waals surface area contributed by atoms with E-state index in [0.29, 0.717) is 0 Å². The van der Waals surface area contributed by atoms with Crippen molar-refractivity contribution in [1.82, 2.24) is 4.72 Å². The lowest BCUT2D eigenvalue weighted by atomic mass is 10.1. The highest BCUT2D eigenvalue weighted by molar-refractivity contribution is 7.89. The van der Waals surface area contributed by atoms with Crippen molar-refractivity contribution in [3.05, 3.63) is 23.8 Å². The fraction of sp³-hybridized carbons (Fsp3) is 0.500. The normalized spacial score (nSPS) is 13.0. The van der Waals surface area contributed by atoms with Gasteiger partial charge in [-0.1, -0.05) is 26.2 Å². The molecule has 0 aromatic heterocycles. The van der Waals surface area contributed by atoms with Gasteiger partial charge in [0.2, 0.25) is 10.0 Å². The van der Waals surface area contributed by atoms with Crippen LogP contribution in [0.4, 0.5) is 0 Å². The maximum atomic E-state index is 12.2. The van der Waals surface area contributed by atoms with Crippen molar-refractivity contribution in [3.8, 4) is 5.75 Å². The van der Waals surface area contributed by atoms with E-state index in [1.165, 1.54) is 6.07 Å². The van der Waals surface area contributed by atoms with Gasteiger partial charge in [-0.15, -0.1) is 0 Å². The van der Waals surface area contributed by atoms with Gasteiger partial charge >= 0.3 is 5.97 Å². The first-order chi connectivity index (χ1) is 9.77. The molecule has 0 radical (unpaired) electrons. The highest BCUT2D eigenvalue weighted by Crippen LogP contribution is 2.21. The second kappa shape index (κ2) is 7.42. The van der Waals surface area contributed by atoms with Gasteiger partial charge in [-0.3, -0.25) is 0 Å². The zero-order valence-electron chi connectivity index (χ0n) is 12.2. The molecule has 1 atom stereocenters. The molecule has 6 nitrogen and oxygen atoms in total. The van der Waals surface area contributed by atoms with E-state index in [9.17, 15) is 18.3 Å². The minimum absolute atomic E-state index is 0.167. The number of carboxylic acid groups (broad SMARTS) is 1. The summed E-state index contributed by atoms with van der Waals surface area (Å²) in [6, 6.07) is 2.98. The zero-order valence-corrected chi connectivity index (χ0v) is 13.0. The van der Waals surface area contributed by atoms with Crippen LogP contribution < -0.4 is 4.72 Å². The Bertz CT molecular complexity index is 597. The number of aromatic hydroxyl groups is 1. The van der Waals surface area contributed by atoms with E-state index in [-0.39, 0.29) is 10.9 Å². The highest BCUT2D eigenvalue weighted by Gasteiger charge is 2.20. The van der Waals surface area contributed by atoms with Crippen LogP contribution >= 0.6 is 0 Å². The number of sulfonamides is 1. The van der Waals surface area contributed by atoms with Crippen LogP contribution in [-0.4, -0.2) is 30.6 Å². The van der Waals surface area contributed by atoms with Crippen LogP contribution in [-0.2, 0) is 10.0 Å². The number of benzene rings is 1. The van der Waals surface area contributed by atoms with Crippen molar-refractivity contribution >= 4 is 16.0 Å². The van der Waals surface area contributed by atoms with E-state index in [4.69, 9.17) is 5.11 Å². The number of carboxylic acids is 1. The van der Waals surface area contributed by atoms with Gasteiger partial charge in [0.15, 0.2) is 0 Å². The summed E-state index contributed by atoms with van der Waals surface area (Å²) in [5.74, 6) is -1.84. The molecule has 21 heavy (non-hydrogen) atoms. The Morgan fingerprint density at radius 1 is 1.33 bits per heavy atom. The third-order valence-corrected chi connectivity index (χ3v) is 4.69. The molecule has 0 bridgehead atoms. The lowest BCUT2D eigenvalue weighted by Gasteiger charge is -2.14. The van der Waals surface area contributed by atoms with Gasteiger partial charge in [0, 0.05) is 6.04 Å². The summed E-state index contributed by atoms with van der Waals surface area (Å²) in [6.45, 7) is 3.84. The first-order valence-corrected chi connectivity index (χ1v) is 8.35. The van der Waals surface area contributed by atoms with Crippen molar-refractivity contribution in [1.29, 1.82) is 0 Å². The van der Waals surface area contributed by atoms with E-state index in [1.807, 2.05) is 0 Å². The molecule has 0 amide bonds. The Balaban J connectivity index is 2.88.